The lowest BCUT2D eigenvalue weighted by Gasteiger charge is -2.31. The molecule has 1 saturated heterocycles. The molecule has 2 heterocycles. The molecule has 1 aliphatic rings. The number of carbonyl (C=O) groups is 1. The summed E-state index contributed by atoms with van der Waals surface area (Å²) in [5.74, 6) is 0.480. The van der Waals surface area contributed by atoms with E-state index in [1.807, 2.05) is 0 Å². The highest BCUT2D eigenvalue weighted by molar-refractivity contribution is 5.94. The largest absolute Gasteiger partial charge is 0.330 e. The average Bonchev–Trinajstić information content (AvgIpc) is 2.64. The Hall–Kier alpha value is -3.07. The van der Waals surface area contributed by atoms with Crippen LogP contribution in [0.2, 0.25) is 0 Å². The number of quaternary nitrogens is 1. The van der Waals surface area contributed by atoms with Gasteiger partial charge >= 0.3 is 0 Å². The monoisotopic (exact) mass is 357 g/mol. The topological polar surface area (TPSA) is 106 Å². The number of amides is 1. The Morgan fingerprint density at radius 2 is 1.96 bits per heavy atom. The van der Waals surface area contributed by atoms with E-state index in [4.69, 9.17) is 0 Å². The van der Waals surface area contributed by atoms with E-state index in [-0.39, 0.29) is 23.8 Å². The van der Waals surface area contributed by atoms with Crippen molar-refractivity contribution in [3.05, 3.63) is 52.3 Å². The van der Waals surface area contributed by atoms with Crippen LogP contribution in [0.5, 0.6) is 0 Å². The summed E-state index contributed by atoms with van der Waals surface area (Å²) in [5, 5.41) is 13.9. The van der Waals surface area contributed by atoms with Crippen molar-refractivity contribution in [3.63, 3.8) is 0 Å². The molecule has 0 unspecified atom stereocenters. The maximum atomic E-state index is 12.4. The fourth-order valence-electron chi connectivity index (χ4n) is 3.03. The Morgan fingerprint density at radius 1 is 1.27 bits per heavy atom. The van der Waals surface area contributed by atoms with Gasteiger partial charge in [0.15, 0.2) is 6.54 Å². The molecule has 1 fully saturated rings. The molecule has 3 rings (SSSR count). The van der Waals surface area contributed by atoms with Crippen molar-refractivity contribution in [2.24, 2.45) is 0 Å². The number of hydrogen-bond donors (Lipinski definition) is 2. The zero-order chi connectivity index (χ0) is 18.5. The maximum absolute atomic E-state index is 12.4. The van der Waals surface area contributed by atoms with Crippen LogP contribution in [0.3, 0.4) is 0 Å². The summed E-state index contributed by atoms with van der Waals surface area (Å²) < 4.78 is 0. The molecular weight excluding hydrogens is 336 g/mol. The van der Waals surface area contributed by atoms with E-state index in [1.54, 1.807) is 37.5 Å². The Morgan fingerprint density at radius 3 is 2.62 bits per heavy atom. The number of benzene rings is 1. The molecule has 9 heteroatoms. The van der Waals surface area contributed by atoms with E-state index >= 15 is 0 Å². The molecule has 1 aromatic carbocycles. The number of aryl methyl sites for hydroxylation is 1. The summed E-state index contributed by atoms with van der Waals surface area (Å²) in [6.45, 7) is 5.10. The zero-order valence-corrected chi connectivity index (χ0v) is 14.5. The molecule has 0 atom stereocenters. The molecule has 1 aliphatic heterocycles. The molecule has 9 nitrogen and oxygen atoms in total. The molecule has 2 aromatic rings. The van der Waals surface area contributed by atoms with E-state index in [0.717, 1.165) is 31.1 Å². The number of anilines is 2. The molecule has 136 valence electrons. The quantitative estimate of drug-likeness (QED) is 0.578. The van der Waals surface area contributed by atoms with Crippen LogP contribution >= 0.6 is 0 Å². The molecule has 2 N–H and O–H groups in total. The van der Waals surface area contributed by atoms with Crippen LogP contribution in [0.25, 0.3) is 0 Å². The molecule has 26 heavy (non-hydrogen) atoms. The van der Waals surface area contributed by atoms with Crippen molar-refractivity contribution in [1.29, 1.82) is 0 Å². The number of para-hydroxylation sites is 1. The predicted octanol–water partition coefficient (Wildman–Crippen LogP) is 0.0368. The van der Waals surface area contributed by atoms with Gasteiger partial charge in [-0.2, -0.15) is 0 Å². The first kappa shape index (κ1) is 17.7. The first-order valence-corrected chi connectivity index (χ1v) is 8.44. The first-order chi connectivity index (χ1) is 12.5. The van der Waals surface area contributed by atoms with Crippen LogP contribution in [0.1, 0.15) is 5.56 Å². The number of piperazine rings is 1. The molecule has 0 spiro atoms. The highest BCUT2D eigenvalue weighted by atomic mass is 16.6. The third kappa shape index (κ3) is 4.12. The lowest BCUT2D eigenvalue weighted by Crippen LogP contribution is -3.15. The highest BCUT2D eigenvalue weighted by Gasteiger charge is 2.25. The van der Waals surface area contributed by atoms with Crippen molar-refractivity contribution in [2.75, 3.05) is 42.9 Å². The van der Waals surface area contributed by atoms with E-state index in [1.165, 1.54) is 6.07 Å². The molecule has 0 bridgehead atoms. The van der Waals surface area contributed by atoms with Gasteiger partial charge in [-0.1, -0.05) is 12.1 Å². The lowest BCUT2D eigenvalue weighted by atomic mass is 10.1. The standard InChI is InChI=1S/C17H20N6O3/c1-13-4-2-5-14(23(25)26)16(13)20-15(24)12-21-8-10-22(11-9-21)17-18-6-3-7-19-17/h2-7H,8-12H2,1H3,(H,20,24)/p+1. The number of nitrogens with one attached hydrogen (secondary N) is 2. The second-order valence-electron chi connectivity index (χ2n) is 6.24. The van der Waals surface area contributed by atoms with Crippen LogP contribution in [-0.4, -0.2) is 53.5 Å². The molecule has 1 amide bonds. The van der Waals surface area contributed by atoms with Gasteiger partial charge in [-0.15, -0.1) is 0 Å². The van der Waals surface area contributed by atoms with Crippen molar-refractivity contribution >= 4 is 23.2 Å². The third-order valence-corrected chi connectivity index (χ3v) is 4.43. The minimum absolute atomic E-state index is 0.0839. The van der Waals surface area contributed by atoms with Gasteiger partial charge in [-0.05, 0) is 18.6 Å². The number of nitro benzene ring substituents is 1. The van der Waals surface area contributed by atoms with Gasteiger partial charge in [0, 0.05) is 18.5 Å². The summed E-state index contributed by atoms with van der Waals surface area (Å²) >= 11 is 0. The van der Waals surface area contributed by atoms with Crippen molar-refractivity contribution in [1.82, 2.24) is 9.97 Å². The molecule has 0 radical (unpaired) electrons. The average molecular weight is 357 g/mol. The number of rotatable bonds is 5. The van der Waals surface area contributed by atoms with E-state index in [2.05, 4.69) is 20.2 Å². The number of nitrogens with zero attached hydrogens (tertiary/aromatic N) is 4. The SMILES string of the molecule is Cc1cccc([N+](=O)[O-])c1NC(=O)C[NH+]1CCN(c2ncccn2)CC1. The van der Waals surface area contributed by atoms with Crippen molar-refractivity contribution in [2.45, 2.75) is 6.92 Å². The normalized spacial score (nSPS) is 14.9. The smallest absolute Gasteiger partial charge is 0.293 e. The summed E-state index contributed by atoms with van der Waals surface area (Å²) in [6, 6.07) is 6.53. The van der Waals surface area contributed by atoms with Gasteiger partial charge in [0.1, 0.15) is 5.69 Å². The number of hydrogen-bond acceptors (Lipinski definition) is 6. The second kappa shape index (κ2) is 7.87. The molecule has 0 saturated carbocycles. The van der Waals surface area contributed by atoms with Crippen LogP contribution in [0, 0.1) is 17.0 Å². The van der Waals surface area contributed by atoms with Crippen LogP contribution in [0.15, 0.2) is 36.7 Å². The van der Waals surface area contributed by atoms with Crippen LogP contribution < -0.4 is 15.1 Å². The fourth-order valence-corrected chi connectivity index (χ4v) is 3.03. The summed E-state index contributed by atoms with van der Waals surface area (Å²) in [7, 11) is 0. The summed E-state index contributed by atoms with van der Waals surface area (Å²) in [6.07, 6.45) is 3.42. The van der Waals surface area contributed by atoms with Gasteiger partial charge < -0.3 is 15.1 Å². The molecule has 1 aromatic heterocycles. The van der Waals surface area contributed by atoms with Gasteiger partial charge in [-0.3, -0.25) is 14.9 Å². The number of nitro groups is 1. The molecular formula is C17H21N6O3+. The van der Waals surface area contributed by atoms with E-state index < -0.39 is 4.92 Å². The summed E-state index contributed by atoms with van der Waals surface area (Å²) in [4.78, 5) is 34.7. The lowest BCUT2D eigenvalue weighted by molar-refractivity contribution is -0.892. The Labute approximate surface area is 150 Å². The van der Waals surface area contributed by atoms with Gasteiger partial charge in [-0.25, -0.2) is 9.97 Å². The molecule has 0 aliphatic carbocycles. The first-order valence-electron chi connectivity index (χ1n) is 8.44. The van der Waals surface area contributed by atoms with Crippen LogP contribution in [-0.2, 0) is 4.79 Å². The summed E-state index contributed by atoms with van der Waals surface area (Å²) in [5.41, 5.74) is 0.867. The number of aromatic nitrogens is 2. The minimum Gasteiger partial charge on any atom is -0.330 e. The predicted molar refractivity (Wildman–Crippen MR) is 96.3 cm³/mol. The van der Waals surface area contributed by atoms with E-state index in [9.17, 15) is 14.9 Å². The number of carbonyl (C=O) groups excluding carboxylic acids is 1. The zero-order valence-electron chi connectivity index (χ0n) is 14.5. The Bertz CT molecular complexity index is 790. The second-order valence-corrected chi connectivity index (χ2v) is 6.24. The van der Waals surface area contributed by atoms with Gasteiger partial charge in [0.25, 0.3) is 11.6 Å². The maximum Gasteiger partial charge on any atom is 0.293 e. The van der Waals surface area contributed by atoms with Crippen LogP contribution in [0.4, 0.5) is 17.3 Å². The van der Waals surface area contributed by atoms with Crippen molar-refractivity contribution < 1.29 is 14.6 Å². The van der Waals surface area contributed by atoms with Crippen molar-refractivity contribution in [3.8, 4) is 0 Å². The Kier molecular flexibility index (Phi) is 5.37. The Balaban J connectivity index is 1.56. The van der Waals surface area contributed by atoms with Gasteiger partial charge in [0.05, 0.1) is 31.1 Å². The minimum atomic E-state index is -0.478. The highest BCUT2D eigenvalue weighted by Crippen LogP contribution is 2.27. The third-order valence-electron chi connectivity index (χ3n) is 4.43. The van der Waals surface area contributed by atoms with Gasteiger partial charge in [0.2, 0.25) is 5.95 Å². The van der Waals surface area contributed by atoms with E-state index in [0.29, 0.717) is 11.5 Å². The fraction of sp³-hybridized carbons (Fsp3) is 0.353.